The number of anilines is 1. The molecule has 0 radical (unpaired) electrons. The van der Waals surface area contributed by atoms with Gasteiger partial charge in [-0.25, -0.2) is 0 Å². The Morgan fingerprint density at radius 1 is 0.920 bits per heavy atom. The number of ether oxygens (including phenoxy) is 4. The van der Waals surface area contributed by atoms with Crippen LogP contribution in [0, 0.1) is 0 Å². The first kappa shape index (κ1) is 17.0. The molecule has 1 amide bonds. The SMILES string of the molecule is COc1cc2c(cc1OC)C(Cc1cccc(OC)c1OC)C(=O)N2. The summed E-state index contributed by atoms with van der Waals surface area (Å²) in [6.45, 7) is 0. The molecule has 6 heteroatoms. The van der Waals surface area contributed by atoms with Gasteiger partial charge in [0.15, 0.2) is 23.0 Å². The molecule has 132 valence electrons. The van der Waals surface area contributed by atoms with Crippen LogP contribution in [0.25, 0.3) is 0 Å². The number of carbonyl (C=O) groups excluding carboxylic acids is 1. The molecule has 0 fully saturated rings. The van der Waals surface area contributed by atoms with Crippen molar-refractivity contribution in [1.29, 1.82) is 0 Å². The van der Waals surface area contributed by atoms with Crippen LogP contribution in [0.2, 0.25) is 0 Å². The zero-order chi connectivity index (χ0) is 18.0. The van der Waals surface area contributed by atoms with Gasteiger partial charge in [-0.1, -0.05) is 12.1 Å². The van der Waals surface area contributed by atoms with Crippen LogP contribution in [0.3, 0.4) is 0 Å². The Morgan fingerprint density at radius 2 is 1.60 bits per heavy atom. The van der Waals surface area contributed by atoms with Gasteiger partial charge in [-0.15, -0.1) is 0 Å². The lowest BCUT2D eigenvalue weighted by Gasteiger charge is -2.16. The number of nitrogens with one attached hydrogen (secondary N) is 1. The highest BCUT2D eigenvalue weighted by atomic mass is 16.5. The molecule has 0 bridgehead atoms. The summed E-state index contributed by atoms with van der Waals surface area (Å²) in [6, 6.07) is 9.30. The van der Waals surface area contributed by atoms with E-state index in [1.54, 1.807) is 34.5 Å². The fourth-order valence-electron chi connectivity index (χ4n) is 3.19. The van der Waals surface area contributed by atoms with Gasteiger partial charge in [-0.05, 0) is 29.7 Å². The smallest absolute Gasteiger partial charge is 0.232 e. The molecule has 1 atom stereocenters. The van der Waals surface area contributed by atoms with Gasteiger partial charge < -0.3 is 24.3 Å². The van der Waals surface area contributed by atoms with E-state index in [1.807, 2.05) is 24.3 Å². The number of hydrogen-bond donors (Lipinski definition) is 1. The summed E-state index contributed by atoms with van der Waals surface area (Å²) in [4.78, 5) is 12.5. The molecule has 1 aliphatic rings. The van der Waals surface area contributed by atoms with Gasteiger partial charge >= 0.3 is 0 Å². The molecular formula is C19H21NO5. The van der Waals surface area contributed by atoms with E-state index in [9.17, 15) is 4.79 Å². The number of benzene rings is 2. The Kier molecular flexibility index (Phi) is 4.70. The maximum atomic E-state index is 12.5. The monoisotopic (exact) mass is 343 g/mol. The van der Waals surface area contributed by atoms with E-state index in [0.29, 0.717) is 29.4 Å². The third kappa shape index (κ3) is 2.95. The molecule has 0 saturated carbocycles. The molecule has 1 N–H and O–H groups in total. The van der Waals surface area contributed by atoms with Crippen LogP contribution in [0.15, 0.2) is 30.3 Å². The van der Waals surface area contributed by atoms with Crippen LogP contribution in [0.4, 0.5) is 5.69 Å². The molecule has 0 saturated heterocycles. The molecule has 1 heterocycles. The molecule has 0 aromatic heterocycles. The Hall–Kier alpha value is -2.89. The molecule has 2 aromatic rings. The normalized spacial score (nSPS) is 15.4. The first-order chi connectivity index (χ1) is 12.1. The quantitative estimate of drug-likeness (QED) is 0.873. The first-order valence-corrected chi connectivity index (χ1v) is 7.89. The summed E-state index contributed by atoms with van der Waals surface area (Å²) in [5, 5.41) is 2.91. The molecule has 0 spiro atoms. The third-order valence-electron chi connectivity index (χ3n) is 4.41. The highest BCUT2D eigenvalue weighted by Gasteiger charge is 2.33. The van der Waals surface area contributed by atoms with Gasteiger partial charge in [0, 0.05) is 11.8 Å². The highest BCUT2D eigenvalue weighted by molar-refractivity contribution is 6.03. The predicted octanol–water partition coefficient (Wildman–Crippen LogP) is 3.00. The summed E-state index contributed by atoms with van der Waals surface area (Å²) >= 11 is 0. The van der Waals surface area contributed by atoms with Crippen molar-refractivity contribution in [2.45, 2.75) is 12.3 Å². The third-order valence-corrected chi connectivity index (χ3v) is 4.41. The number of carbonyl (C=O) groups is 1. The predicted molar refractivity (Wildman–Crippen MR) is 94.2 cm³/mol. The second-order valence-electron chi connectivity index (χ2n) is 5.69. The molecule has 3 rings (SSSR count). The highest BCUT2D eigenvalue weighted by Crippen LogP contribution is 2.43. The van der Waals surface area contributed by atoms with Gasteiger partial charge in [0.25, 0.3) is 0 Å². The van der Waals surface area contributed by atoms with Crippen molar-refractivity contribution in [3.63, 3.8) is 0 Å². The maximum absolute atomic E-state index is 12.5. The van der Waals surface area contributed by atoms with Crippen molar-refractivity contribution in [3.05, 3.63) is 41.5 Å². The minimum atomic E-state index is -0.337. The van der Waals surface area contributed by atoms with Gasteiger partial charge in [-0.2, -0.15) is 0 Å². The Bertz CT molecular complexity index is 803. The van der Waals surface area contributed by atoms with Crippen LogP contribution in [0.5, 0.6) is 23.0 Å². The zero-order valence-electron chi connectivity index (χ0n) is 14.7. The number of amides is 1. The molecule has 6 nitrogen and oxygen atoms in total. The van der Waals surface area contributed by atoms with Gasteiger partial charge in [0.05, 0.1) is 34.4 Å². The fourth-order valence-corrected chi connectivity index (χ4v) is 3.19. The molecule has 25 heavy (non-hydrogen) atoms. The number of methoxy groups -OCH3 is 4. The lowest BCUT2D eigenvalue weighted by molar-refractivity contribution is -0.117. The topological polar surface area (TPSA) is 66.0 Å². The zero-order valence-corrected chi connectivity index (χ0v) is 14.7. The molecule has 1 unspecified atom stereocenters. The summed E-state index contributed by atoms with van der Waals surface area (Å²) in [7, 11) is 6.34. The van der Waals surface area contributed by atoms with E-state index in [1.165, 1.54) is 0 Å². The van der Waals surface area contributed by atoms with Crippen LogP contribution in [0.1, 0.15) is 17.0 Å². The summed E-state index contributed by atoms with van der Waals surface area (Å²) in [5.41, 5.74) is 2.53. The Labute approximate surface area is 146 Å². The van der Waals surface area contributed by atoms with Crippen molar-refractivity contribution in [3.8, 4) is 23.0 Å². The molecule has 1 aliphatic heterocycles. The van der Waals surface area contributed by atoms with Gasteiger partial charge in [0.2, 0.25) is 5.91 Å². The average Bonchev–Trinajstić information content (AvgIpc) is 2.94. The van der Waals surface area contributed by atoms with Crippen LogP contribution >= 0.6 is 0 Å². The first-order valence-electron chi connectivity index (χ1n) is 7.89. The fraction of sp³-hybridized carbons (Fsp3) is 0.316. The molecule has 0 aliphatic carbocycles. The number of rotatable bonds is 6. The minimum absolute atomic E-state index is 0.0600. The maximum Gasteiger partial charge on any atom is 0.232 e. The van der Waals surface area contributed by atoms with E-state index < -0.39 is 0 Å². The van der Waals surface area contributed by atoms with Crippen molar-refractivity contribution in [1.82, 2.24) is 0 Å². The number of fused-ring (bicyclic) bond motifs is 1. The average molecular weight is 343 g/mol. The standard InChI is InChI=1S/C19H21NO5/c1-22-15-7-5-6-11(18(15)25-4)8-13-12-9-16(23-2)17(24-3)10-14(12)20-19(13)21/h5-7,9-10,13H,8H2,1-4H3,(H,20,21). The van der Waals surface area contributed by atoms with Crippen molar-refractivity contribution < 1.29 is 23.7 Å². The molecule has 2 aromatic carbocycles. The van der Waals surface area contributed by atoms with E-state index in [2.05, 4.69) is 5.32 Å². The summed E-state index contributed by atoms with van der Waals surface area (Å²) in [5.74, 6) is 2.07. The second kappa shape index (κ2) is 6.93. The number of hydrogen-bond acceptors (Lipinski definition) is 5. The van der Waals surface area contributed by atoms with Gasteiger partial charge in [0.1, 0.15) is 0 Å². The number of para-hydroxylation sites is 1. The van der Waals surface area contributed by atoms with E-state index in [0.717, 1.165) is 16.8 Å². The van der Waals surface area contributed by atoms with Crippen LogP contribution in [-0.2, 0) is 11.2 Å². The minimum Gasteiger partial charge on any atom is -0.493 e. The van der Waals surface area contributed by atoms with E-state index in [-0.39, 0.29) is 11.8 Å². The lowest BCUT2D eigenvalue weighted by atomic mass is 9.92. The molecular weight excluding hydrogens is 322 g/mol. The Morgan fingerprint density at radius 3 is 2.24 bits per heavy atom. The van der Waals surface area contributed by atoms with Crippen molar-refractivity contribution in [2.24, 2.45) is 0 Å². The summed E-state index contributed by atoms with van der Waals surface area (Å²) < 4.78 is 21.5. The van der Waals surface area contributed by atoms with E-state index in [4.69, 9.17) is 18.9 Å². The van der Waals surface area contributed by atoms with E-state index >= 15 is 0 Å². The van der Waals surface area contributed by atoms with Crippen LogP contribution in [-0.4, -0.2) is 34.3 Å². The van der Waals surface area contributed by atoms with Crippen molar-refractivity contribution in [2.75, 3.05) is 33.8 Å². The lowest BCUT2D eigenvalue weighted by Crippen LogP contribution is -2.14. The Balaban J connectivity index is 2.00. The van der Waals surface area contributed by atoms with Gasteiger partial charge in [-0.3, -0.25) is 4.79 Å². The largest absolute Gasteiger partial charge is 0.493 e. The summed E-state index contributed by atoms with van der Waals surface area (Å²) in [6.07, 6.45) is 0.495. The van der Waals surface area contributed by atoms with Crippen molar-refractivity contribution >= 4 is 11.6 Å². The second-order valence-corrected chi connectivity index (χ2v) is 5.69. The van der Waals surface area contributed by atoms with Crippen LogP contribution < -0.4 is 24.3 Å².